The van der Waals surface area contributed by atoms with Crippen molar-refractivity contribution in [3.05, 3.63) is 223 Å². The van der Waals surface area contributed by atoms with Crippen LogP contribution in [0.3, 0.4) is 0 Å². The van der Waals surface area contributed by atoms with Crippen molar-refractivity contribution in [3.8, 4) is 0 Å². The van der Waals surface area contributed by atoms with E-state index in [2.05, 4.69) is 227 Å². The average molecular weight is 1100 g/mol. The van der Waals surface area contributed by atoms with Crippen LogP contribution in [0.15, 0.2) is 230 Å². The molecule has 2 fully saturated rings. The lowest BCUT2D eigenvalue weighted by Crippen LogP contribution is -2.11. The van der Waals surface area contributed by atoms with Crippen LogP contribution in [-0.4, -0.2) is 4.40 Å². The van der Waals surface area contributed by atoms with E-state index >= 15 is 0 Å². The molecule has 7 nitrogen and oxygen atoms in total. The van der Waals surface area contributed by atoms with Gasteiger partial charge in [-0.2, -0.15) is 0 Å². The van der Waals surface area contributed by atoms with Crippen LogP contribution in [0.5, 0.6) is 0 Å². The Balaban J connectivity index is 0.954. The monoisotopic (exact) mass is 1100 g/mol. The summed E-state index contributed by atoms with van der Waals surface area (Å²) in [6, 6.07) is 77.3. The van der Waals surface area contributed by atoms with Gasteiger partial charge in [-0.15, -0.1) is 0 Å². The molecule has 0 spiro atoms. The van der Waals surface area contributed by atoms with E-state index in [-0.39, 0.29) is 0 Å². The summed E-state index contributed by atoms with van der Waals surface area (Å²) in [4.78, 5) is 4.90. The molecule has 19 rings (SSSR count). The molecule has 0 unspecified atom stereocenters. The number of hydrogen-bond donors (Lipinski definition) is 0. The van der Waals surface area contributed by atoms with E-state index < -0.39 is 0 Å². The summed E-state index contributed by atoms with van der Waals surface area (Å²) in [5.74, 6) is 0.960. The van der Waals surface area contributed by atoms with Crippen LogP contribution < -0.4 is 9.80 Å². The molecule has 6 heterocycles. The van der Waals surface area contributed by atoms with Gasteiger partial charge in [0.15, 0.2) is 22.3 Å². The van der Waals surface area contributed by atoms with Crippen molar-refractivity contribution < 1.29 is 17.7 Å². The van der Waals surface area contributed by atoms with Gasteiger partial charge in [-0.1, -0.05) is 190 Å². The van der Waals surface area contributed by atoms with E-state index in [1.165, 1.54) is 75.3 Å². The highest BCUT2D eigenvalue weighted by molar-refractivity contribution is 6.36. The second kappa shape index (κ2) is 18.3. The first-order valence-corrected chi connectivity index (χ1v) is 30.7. The predicted octanol–water partition coefficient (Wildman–Crippen LogP) is 23.5. The molecule has 2 aliphatic carbocycles. The van der Waals surface area contributed by atoms with Gasteiger partial charge in [0.25, 0.3) is 0 Å². The number of nitrogens with zero attached hydrogens (tertiary/aromatic N) is 3. The van der Waals surface area contributed by atoms with E-state index in [0.717, 1.165) is 160 Å². The highest BCUT2D eigenvalue weighted by atomic mass is 16.3. The molecule has 17 aromatic rings. The summed E-state index contributed by atoms with van der Waals surface area (Å²) in [7, 11) is 0. The third-order valence-electron chi connectivity index (χ3n) is 19.6. The lowest BCUT2D eigenvalue weighted by atomic mass is 9.83. The quantitative estimate of drug-likeness (QED) is 0.151. The molecule has 0 aliphatic heterocycles. The van der Waals surface area contributed by atoms with E-state index in [4.69, 9.17) is 17.7 Å². The first-order valence-electron chi connectivity index (χ1n) is 30.7. The van der Waals surface area contributed by atoms with E-state index in [9.17, 15) is 0 Å². The number of aromatic nitrogens is 1. The van der Waals surface area contributed by atoms with Crippen LogP contribution in [0.2, 0.25) is 0 Å². The van der Waals surface area contributed by atoms with Gasteiger partial charge in [-0.25, -0.2) is 0 Å². The fourth-order valence-corrected chi connectivity index (χ4v) is 15.9. The molecule has 408 valence electrons. The molecular formula is C78H57N3O4. The van der Waals surface area contributed by atoms with Gasteiger partial charge in [0.1, 0.15) is 33.4 Å². The molecular weight excluding hydrogens is 1040 g/mol. The smallest absolute Gasteiger partial charge is 0.160 e. The Morgan fingerprint density at radius 1 is 0.282 bits per heavy atom. The normalized spacial score (nSPS) is 15.0. The Hall–Kier alpha value is -9.98. The summed E-state index contributed by atoms with van der Waals surface area (Å²) < 4.78 is 31.9. The molecule has 0 saturated heterocycles. The fourth-order valence-electron chi connectivity index (χ4n) is 15.9. The third-order valence-corrected chi connectivity index (χ3v) is 19.6. The highest BCUT2D eigenvalue weighted by Crippen LogP contribution is 2.56. The van der Waals surface area contributed by atoms with Crippen molar-refractivity contribution in [2.75, 3.05) is 9.80 Å². The van der Waals surface area contributed by atoms with Crippen LogP contribution >= 0.6 is 0 Å². The number of fused-ring (bicyclic) bond motifs is 20. The fraction of sp³-hybridized carbons (Fsp3) is 0.154. The van der Waals surface area contributed by atoms with Gasteiger partial charge >= 0.3 is 0 Å². The van der Waals surface area contributed by atoms with E-state index in [1.54, 1.807) is 0 Å². The average Bonchev–Trinajstić information content (AvgIpc) is 1.55. The minimum absolute atomic E-state index is 0.480. The van der Waals surface area contributed by atoms with Crippen LogP contribution in [-0.2, 0) is 0 Å². The van der Waals surface area contributed by atoms with Gasteiger partial charge in [0, 0.05) is 76.0 Å². The summed E-state index contributed by atoms with van der Waals surface area (Å²) in [5, 5.41) is 13.1. The molecule has 0 N–H and O–H groups in total. The number of benzene rings is 11. The second-order valence-electron chi connectivity index (χ2n) is 24.2. The summed E-state index contributed by atoms with van der Waals surface area (Å²) in [5.41, 5.74) is 18.8. The van der Waals surface area contributed by atoms with Crippen LogP contribution in [0.25, 0.3) is 126 Å². The number of hydrogen-bond acceptors (Lipinski definition) is 6. The second-order valence-corrected chi connectivity index (χ2v) is 24.2. The topological polar surface area (TPSA) is 63.5 Å². The first-order chi connectivity index (χ1) is 42.2. The lowest BCUT2D eigenvalue weighted by molar-refractivity contribution is 0.442. The SMILES string of the molecule is c1ccc(N(c2cccc3c2oc2c(C4CCCCC4)cccc23)c2cc3c4ccccc4oc3c3c2c2cccc4c5c(N(c6ccccc6)c6cccc7c6oc6c(C8CCCCC8)cccc67)cc6c7ccccc7oc6c5n3c24)cc1. The Labute approximate surface area is 488 Å². The minimum Gasteiger partial charge on any atom is -0.454 e. The zero-order chi connectivity index (χ0) is 55.4. The van der Waals surface area contributed by atoms with Crippen molar-refractivity contribution in [1.29, 1.82) is 0 Å². The number of rotatable bonds is 8. The Morgan fingerprint density at radius 2 is 0.659 bits per heavy atom. The summed E-state index contributed by atoms with van der Waals surface area (Å²) in [6.07, 6.45) is 12.4. The molecule has 0 bridgehead atoms. The van der Waals surface area contributed by atoms with Gasteiger partial charge in [-0.05, 0) is 109 Å². The highest BCUT2D eigenvalue weighted by Gasteiger charge is 2.34. The van der Waals surface area contributed by atoms with Crippen LogP contribution in [0, 0.1) is 0 Å². The first kappa shape index (κ1) is 47.5. The van der Waals surface area contributed by atoms with Crippen LogP contribution in [0.1, 0.15) is 87.2 Å². The standard InChI is InChI=1S/C78H57N3O4/c1-5-22-46(23-6-1)50-32-17-34-54-56-36-20-40-62(75(56)84-73(50)54)79(48-26-9-3-10-27-48)64-44-60-52-30-13-15-42-66(52)82-77(60)71-68(64)58-38-19-39-59-69-65(45-61-53-31-14-16-43-67(53)83-78(61)72(69)81(71)70(58)59)80(49-28-11-4-12-29-49)63-41-21-37-57-55-35-18-33-51(74(55)85-76(57)63)47-24-7-2-8-25-47/h3-4,9-21,26-47H,1-2,5-8,22-25H2. The summed E-state index contributed by atoms with van der Waals surface area (Å²) >= 11 is 0. The Bertz CT molecular complexity index is 5190. The molecule has 0 amide bonds. The predicted molar refractivity (Wildman–Crippen MR) is 351 cm³/mol. The number of furan rings is 4. The largest absolute Gasteiger partial charge is 0.454 e. The Morgan fingerprint density at radius 3 is 1.12 bits per heavy atom. The van der Waals surface area contributed by atoms with E-state index in [1.807, 2.05) is 0 Å². The summed E-state index contributed by atoms with van der Waals surface area (Å²) in [6.45, 7) is 0. The third kappa shape index (κ3) is 6.78. The molecule has 0 radical (unpaired) electrons. The van der Waals surface area contributed by atoms with Gasteiger partial charge in [0.05, 0.1) is 28.3 Å². The molecule has 85 heavy (non-hydrogen) atoms. The maximum Gasteiger partial charge on any atom is 0.160 e. The van der Waals surface area contributed by atoms with Crippen molar-refractivity contribution in [2.24, 2.45) is 0 Å². The molecule has 6 aromatic heterocycles. The lowest BCUT2D eigenvalue weighted by Gasteiger charge is -2.27. The van der Waals surface area contributed by atoms with Gasteiger partial charge < -0.3 is 31.9 Å². The molecule has 2 aliphatic rings. The van der Waals surface area contributed by atoms with Gasteiger partial charge in [-0.3, -0.25) is 0 Å². The maximum atomic E-state index is 7.39. The Kier molecular flexibility index (Phi) is 10.2. The molecule has 0 atom stereocenters. The molecule has 11 aromatic carbocycles. The van der Waals surface area contributed by atoms with Crippen molar-refractivity contribution >= 4 is 160 Å². The van der Waals surface area contributed by atoms with Crippen molar-refractivity contribution in [3.63, 3.8) is 0 Å². The van der Waals surface area contributed by atoms with Crippen molar-refractivity contribution in [1.82, 2.24) is 4.40 Å². The van der Waals surface area contributed by atoms with Gasteiger partial charge in [0.2, 0.25) is 0 Å². The zero-order valence-electron chi connectivity index (χ0n) is 46.9. The number of para-hydroxylation sites is 9. The van der Waals surface area contributed by atoms with Crippen molar-refractivity contribution in [2.45, 2.75) is 76.0 Å². The molecule has 2 saturated carbocycles. The van der Waals surface area contributed by atoms with Crippen LogP contribution in [0.4, 0.5) is 34.1 Å². The number of anilines is 6. The molecule has 7 heteroatoms. The van der Waals surface area contributed by atoms with E-state index in [0.29, 0.717) is 11.8 Å². The maximum absolute atomic E-state index is 7.39. The minimum atomic E-state index is 0.480. The zero-order valence-corrected chi connectivity index (χ0v) is 46.9.